The highest BCUT2D eigenvalue weighted by Gasteiger charge is 2.58. The summed E-state index contributed by atoms with van der Waals surface area (Å²) in [6.07, 6.45) is 4.37. The lowest BCUT2D eigenvalue weighted by molar-refractivity contribution is 0.0268. The fourth-order valence-electron chi connectivity index (χ4n) is 3.33. The van der Waals surface area contributed by atoms with Crippen molar-refractivity contribution >= 4 is 52.0 Å². The Hall–Kier alpha value is -1.26. The van der Waals surface area contributed by atoms with E-state index < -0.39 is 16.9 Å². The minimum absolute atomic E-state index is 0.117. The number of thiophene rings is 1. The van der Waals surface area contributed by atoms with Crippen LogP contribution >= 0.6 is 22.9 Å². The van der Waals surface area contributed by atoms with E-state index in [2.05, 4.69) is 15.6 Å². The highest BCUT2D eigenvalue weighted by molar-refractivity contribution is 7.90. The van der Waals surface area contributed by atoms with Gasteiger partial charge in [-0.15, -0.1) is 11.3 Å². The van der Waals surface area contributed by atoms with Gasteiger partial charge in [0.15, 0.2) is 5.25 Å². The lowest BCUT2D eigenvalue weighted by Crippen LogP contribution is -2.70. The molecule has 0 aliphatic carbocycles. The van der Waals surface area contributed by atoms with Crippen LogP contribution in [0.2, 0.25) is 5.02 Å². The number of fused-ring (bicyclic) bond motifs is 1. The molecule has 0 spiro atoms. The number of allylic oxidation sites excluding steroid dienone is 1. The number of hydrogen-bond acceptors (Lipinski definition) is 6. The Bertz CT molecular complexity index is 767. The third kappa shape index (κ3) is 2.74. The van der Waals surface area contributed by atoms with E-state index in [9.17, 15) is 4.55 Å². The molecule has 10 heteroatoms. The maximum Gasteiger partial charge on any atom is 0.234 e. The van der Waals surface area contributed by atoms with E-state index in [1.807, 2.05) is 18.5 Å². The van der Waals surface area contributed by atoms with E-state index in [1.54, 1.807) is 7.05 Å². The predicted octanol–water partition coefficient (Wildman–Crippen LogP) is 1.49. The minimum Gasteiger partial charge on any atom is -0.593 e. The van der Waals surface area contributed by atoms with Gasteiger partial charge in [0.25, 0.3) is 0 Å². The fraction of sp³-hybridized carbons (Fsp3) is 0.467. The van der Waals surface area contributed by atoms with Crippen LogP contribution in [0.1, 0.15) is 16.2 Å². The molecule has 0 saturated carbocycles. The van der Waals surface area contributed by atoms with Crippen molar-refractivity contribution < 1.29 is 9.29 Å². The highest BCUT2D eigenvalue weighted by Crippen LogP contribution is 2.46. The number of halogens is 1. The van der Waals surface area contributed by atoms with Crippen molar-refractivity contribution in [2.75, 3.05) is 26.9 Å². The second kappa shape index (κ2) is 6.48. The van der Waals surface area contributed by atoms with Crippen LogP contribution in [0, 0.1) is 5.41 Å². The molecule has 2 saturated heterocycles. The third-order valence-electron chi connectivity index (χ3n) is 4.62. The van der Waals surface area contributed by atoms with Crippen molar-refractivity contribution in [3.63, 3.8) is 0 Å². The molecule has 2 fully saturated rings. The van der Waals surface area contributed by atoms with Crippen molar-refractivity contribution in [3.8, 4) is 0 Å². The van der Waals surface area contributed by atoms with Gasteiger partial charge in [-0.25, -0.2) is 0 Å². The molecule has 134 valence electrons. The molecule has 1 aromatic rings. The van der Waals surface area contributed by atoms with E-state index >= 15 is 0 Å². The van der Waals surface area contributed by atoms with Gasteiger partial charge in [-0.3, -0.25) is 10.4 Å². The molecular weight excluding hydrogens is 382 g/mol. The van der Waals surface area contributed by atoms with Crippen LogP contribution in [0.3, 0.4) is 0 Å². The van der Waals surface area contributed by atoms with Gasteiger partial charge in [0, 0.05) is 29.3 Å². The molecular formula is C15H18ClN5O2S2. The molecule has 0 bridgehead atoms. The van der Waals surface area contributed by atoms with Crippen molar-refractivity contribution in [1.82, 2.24) is 14.9 Å². The van der Waals surface area contributed by atoms with Gasteiger partial charge in [0.1, 0.15) is 12.2 Å². The molecule has 3 aliphatic rings. The number of ether oxygens (including phenoxy) is 1. The Balaban J connectivity index is 1.78. The number of nitrogens with one attached hydrogen (secondary N) is 3. The van der Waals surface area contributed by atoms with E-state index in [4.69, 9.17) is 21.7 Å². The SMILES string of the molecule is CN1C(=N)NC2(c3sc(C4=CNCN=C4)cc3Cl)COCCC2[S+]1[O-]. The second-order valence-corrected chi connectivity index (χ2v) is 9.24. The average Bonchev–Trinajstić information content (AvgIpc) is 3.03. The van der Waals surface area contributed by atoms with Crippen LogP contribution in [0.5, 0.6) is 0 Å². The molecule has 3 unspecified atom stereocenters. The summed E-state index contributed by atoms with van der Waals surface area (Å²) in [5.41, 5.74) is 0.213. The average molecular weight is 400 g/mol. The molecule has 25 heavy (non-hydrogen) atoms. The maximum absolute atomic E-state index is 12.9. The first kappa shape index (κ1) is 17.2. The monoisotopic (exact) mass is 399 g/mol. The molecule has 3 atom stereocenters. The zero-order valence-electron chi connectivity index (χ0n) is 13.5. The van der Waals surface area contributed by atoms with Crippen LogP contribution in [-0.2, 0) is 21.6 Å². The first-order valence-electron chi connectivity index (χ1n) is 7.85. The van der Waals surface area contributed by atoms with E-state index in [1.165, 1.54) is 15.6 Å². The van der Waals surface area contributed by atoms with Crippen LogP contribution in [0.4, 0.5) is 0 Å². The molecule has 3 aliphatic heterocycles. The summed E-state index contributed by atoms with van der Waals surface area (Å²) in [5.74, 6) is 0.117. The van der Waals surface area contributed by atoms with Gasteiger partial charge < -0.3 is 19.9 Å². The van der Waals surface area contributed by atoms with Gasteiger partial charge in [-0.05, 0) is 6.07 Å². The normalized spacial score (nSPS) is 31.9. The molecule has 1 aromatic heterocycles. The van der Waals surface area contributed by atoms with Gasteiger partial charge >= 0.3 is 0 Å². The number of nitrogens with zero attached hydrogens (tertiary/aromatic N) is 2. The summed E-state index contributed by atoms with van der Waals surface area (Å²) in [5, 5.41) is 14.9. The standard InChI is InChI=1S/C15H18ClN5O2S2/c1-21-14(17)20-15(7-23-3-2-12(15)25(21)22)13-10(16)4-11(24-13)9-5-18-8-19-6-9/h4-6,12,18H,2-3,7-8H2,1H3,(H2,17,20). The van der Waals surface area contributed by atoms with Crippen molar-refractivity contribution in [1.29, 1.82) is 5.41 Å². The summed E-state index contributed by atoms with van der Waals surface area (Å²) < 4.78 is 20.1. The fourth-order valence-corrected chi connectivity index (χ4v) is 6.58. The zero-order valence-corrected chi connectivity index (χ0v) is 15.9. The topological polar surface area (TPSA) is 95.8 Å². The summed E-state index contributed by atoms with van der Waals surface area (Å²) >= 11 is 6.80. The molecule has 3 N–H and O–H groups in total. The highest BCUT2D eigenvalue weighted by atomic mass is 35.5. The Morgan fingerprint density at radius 1 is 1.60 bits per heavy atom. The lowest BCUT2D eigenvalue weighted by atomic mass is 9.89. The first-order valence-corrected chi connectivity index (χ1v) is 10.2. The zero-order chi connectivity index (χ0) is 17.6. The van der Waals surface area contributed by atoms with E-state index in [0.717, 1.165) is 15.3 Å². The van der Waals surface area contributed by atoms with Crippen molar-refractivity contribution in [2.24, 2.45) is 4.99 Å². The van der Waals surface area contributed by atoms with Gasteiger partial charge in [0.05, 0.1) is 41.5 Å². The van der Waals surface area contributed by atoms with Gasteiger partial charge in [-0.1, -0.05) is 11.6 Å². The van der Waals surface area contributed by atoms with Crippen LogP contribution in [-0.4, -0.2) is 53.2 Å². The van der Waals surface area contributed by atoms with E-state index in [-0.39, 0.29) is 11.2 Å². The number of rotatable bonds is 2. The van der Waals surface area contributed by atoms with Crippen LogP contribution in [0.25, 0.3) is 5.57 Å². The predicted molar refractivity (Wildman–Crippen MR) is 101 cm³/mol. The lowest BCUT2D eigenvalue weighted by Gasteiger charge is -2.49. The molecule has 0 aromatic carbocycles. The largest absolute Gasteiger partial charge is 0.593 e. The quantitative estimate of drug-likeness (QED) is 0.655. The summed E-state index contributed by atoms with van der Waals surface area (Å²) in [6, 6.07) is 1.90. The third-order valence-corrected chi connectivity index (χ3v) is 8.24. The van der Waals surface area contributed by atoms with Crippen molar-refractivity contribution in [3.05, 3.63) is 27.0 Å². The molecule has 0 radical (unpaired) electrons. The van der Waals surface area contributed by atoms with Gasteiger partial charge in [0.2, 0.25) is 5.96 Å². The Kier molecular flexibility index (Phi) is 4.45. The molecule has 4 heterocycles. The number of guanidine groups is 1. The minimum atomic E-state index is -1.31. The van der Waals surface area contributed by atoms with Crippen molar-refractivity contribution in [2.45, 2.75) is 17.2 Å². The molecule has 4 rings (SSSR count). The summed E-state index contributed by atoms with van der Waals surface area (Å²) in [7, 11) is 1.67. The second-order valence-electron chi connectivity index (χ2n) is 6.11. The molecule has 7 nitrogen and oxygen atoms in total. The van der Waals surface area contributed by atoms with Crippen LogP contribution < -0.4 is 10.6 Å². The summed E-state index contributed by atoms with van der Waals surface area (Å²) in [6.45, 7) is 1.46. The van der Waals surface area contributed by atoms with E-state index in [0.29, 0.717) is 31.3 Å². The number of aliphatic imine (C=N–C) groups is 1. The van der Waals surface area contributed by atoms with Gasteiger partial charge in [-0.2, -0.15) is 4.31 Å². The Labute approximate surface area is 157 Å². The molecule has 0 amide bonds. The maximum atomic E-state index is 12.9. The van der Waals surface area contributed by atoms with Crippen LogP contribution in [0.15, 0.2) is 17.3 Å². The number of hydrogen-bond donors (Lipinski definition) is 3. The Morgan fingerprint density at radius 2 is 2.44 bits per heavy atom. The smallest absolute Gasteiger partial charge is 0.234 e. The Morgan fingerprint density at radius 3 is 3.20 bits per heavy atom. The first-order chi connectivity index (χ1) is 12.0. The summed E-state index contributed by atoms with van der Waals surface area (Å²) in [4.78, 5) is 6.07.